The van der Waals surface area contributed by atoms with Gasteiger partial charge in [0, 0.05) is 37.7 Å². The van der Waals surface area contributed by atoms with Crippen molar-refractivity contribution >= 4 is 6.09 Å². The van der Waals surface area contributed by atoms with Crippen LogP contribution in [0.2, 0.25) is 0 Å². The lowest BCUT2D eigenvalue weighted by Gasteiger charge is -2.41. The average molecular weight is 272 g/mol. The number of nitrogens with one attached hydrogen (secondary N) is 1. The largest absolute Gasteiger partial charge is 0.444 e. The Labute approximate surface area is 116 Å². The molecule has 1 saturated heterocycles. The molecular formula is C14H28N2O3. The molecule has 112 valence electrons. The normalized spacial score (nSPS) is 19.8. The van der Waals surface area contributed by atoms with Gasteiger partial charge < -0.3 is 20.1 Å². The topological polar surface area (TPSA) is 61.8 Å². The first-order valence-corrected chi connectivity index (χ1v) is 7.01. The second-order valence-corrected chi connectivity index (χ2v) is 6.79. The quantitative estimate of drug-likeness (QED) is 0.798. The van der Waals surface area contributed by atoms with Crippen molar-refractivity contribution in [3.05, 3.63) is 0 Å². The Bertz CT molecular complexity index is 302. The van der Waals surface area contributed by atoms with Crippen molar-refractivity contribution in [1.29, 1.82) is 0 Å². The molecule has 0 bridgehead atoms. The Morgan fingerprint density at radius 2 is 1.95 bits per heavy atom. The first kappa shape index (κ1) is 16.2. The zero-order valence-electron chi connectivity index (χ0n) is 12.8. The SMILES string of the molecule is CCC(C)(CO)CNC1CN(C(=O)OC(C)(C)C)C1. The Morgan fingerprint density at radius 1 is 1.37 bits per heavy atom. The third-order valence-electron chi connectivity index (χ3n) is 3.59. The molecule has 5 heteroatoms. The third-order valence-corrected chi connectivity index (χ3v) is 3.59. The van der Waals surface area contributed by atoms with Crippen LogP contribution in [0.5, 0.6) is 0 Å². The van der Waals surface area contributed by atoms with Gasteiger partial charge in [0.05, 0.1) is 0 Å². The van der Waals surface area contributed by atoms with Crippen molar-refractivity contribution in [1.82, 2.24) is 10.2 Å². The number of carbonyl (C=O) groups excluding carboxylic acids is 1. The fraction of sp³-hybridized carbons (Fsp3) is 0.929. The summed E-state index contributed by atoms with van der Waals surface area (Å²) in [7, 11) is 0. The summed E-state index contributed by atoms with van der Waals surface area (Å²) >= 11 is 0. The summed E-state index contributed by atoms with van der Waals surface area (Å²) in [5.74, 6) is 0. The average Bonchev–Trinajstić information content (AvgIpc) is 2.24. The zero-order valence-corrected chi connectivity index (χ0v) is 12.8. The van der Waals surface area contributed by atoms with Gasteiger partial charge in [0.2, 0.25) is 0 Å². The number of rotatable bonds is 5. The van der Waals surface area contributed by atoms with E-state index in [2.05, 4.69) is 19.2 Å². The van der Waals surface area contributed by atoms with Gasteiger partial charge in [-0.2, -0.15) is 0 Å². The molecular weight excluding hydrogens is 244 g/mol. The number of aliphatic hydroxyl groups is 1. The third kappa shape index (κ3) is 4.99. The molecule has 0 aromatic rings. The monoisotopic (exact) mass is 272 g/mol. The molecule has 5 nitrogen and oxygen atoms in total. The van der Waals surface area contributed by atoms with Crippen molar-refractivity contribution in [2.45, 2.75) is 52.7 Å². The molecule has 1 aliphatic rings. The summed E-state index contributed by atoms with van der Waals surface area (Å²) in [6.07, 6.45) is 0.685. The van der Waals surface area contributed by atoms with E-state index in [0.717, 1.165) is 13.0 Å². The van der Waals surface area contributed by atoms with E-state index in [9.17, 15) is 9.90 Å². The van der Waals surface area contributed by atoms with Gasteiger partial charge in [0.15, 0.2) is 0 Å². The van der Waals surface area contributed by atoms with Crippen LogP contribution in [0.25, 0.3) is 0 Å². The Hall–Kier alpha value is -0.810. The summed E-state index contributed by atoms with van der Waals surface area (Å²) in [4.78, 5) is 13.4. The van der Waals surface area contributed by atoms with Gasteiger partial charge >= 0.3 is 6.09 Å². The minimum atomic E-state index is -0.437. The number of carbonyl (C=O) groups is 1. The summed E-state index contributed by atoms with van der Waals surface area (Å²) in [5, 5.41) is 12.7. The molecule has 0 aromatic carbocycles. The molecule has 1 atom stereocenters. The van der Waals surface area contributed by atoms with E-state index >= 15 is 0 Å². The smallest absolute Gasteiger partial charge is 0.410 e. The number of hydrogen-bond acceptors (Lipinski definition) is 4. The van der Waals surface area contributed by atoms with Crippen molar-refractivity contribution in [2.75, 3.05) is 26.2 Å². The number of ether oxygens (including phenoxy) is 1. The number of likely N-dealkylation sites (tertiary alicyclic amines) is 1. The first-order chi connectivity index (χ1) is 8.69. The highest BCUT2D eigenvalue weighted by Crippen LogP contribution is 2.20. The summed E-state index contributed by atoms with van der Waals surface area (Å²) in [6.45, 7) is 12.1. The number of aliphatic hydroxyl groups excluding tert-OH is 1. The molecule has 0 saturated carbocycles. The maximum absolute atomic E-state index is 11.7. The molecule has 1 fully saturated rings. The van der Waals surface area contributed by atoms with E-state index in [-0.39, 0.29) is 18.1 Å². The summed E-state index contributed by atoms with van der Waals surface area (Å²) in [5.41, 5.74) is -0.514. The molecule has 0 radical (unpaired) electrons. The van der Waals surface area contributed by atoms with Crippen LogP contribution in [0, 0.1) is 5.41 Å². The van der Waals surface area contributed by atoms with Gasteiger partial charge in [-0.15, -0.1) is 0 Å². The number of amides is 1. The predicted octanol–water partition coefficient (Wildman–Crippen LogP) is 1.60. The van der Waals surface area contributed by atoms with Crippen LogP contribution >= 0.6 is 0 Å². The second kappa shape index (κ2) is 6.09. The van der Waals surface area contributed by atoms with Gasteiger partial charge in [-0.25, -0.2) is 4.79 Å². The van der Waals surface area contributed by atoms with E-state index in [4.69, 9.17) is 4.74 Å². The fourth-order valence-electron chi connectivity index (χ4n) is 1.77. The van der Waals surface area contributed by atoms with Crippen molar-refractivity contribution < 1.29 is 14.6 Å². The Kier molecular flexibility index (Phi) is 5.21. The second-order valence-electron chi connectivity index (χ2n) is 6.79. The number of hydrogen-bond donors (Lipinski definition) is 2. The van der Waals surface area contributed by atoms with Gasteiger partial charge in [0.1, 0.15) is 5.60 Å². The molecule has 0 aromatic heterocycles. The van der Waals surface area contributed by atoms with Crippen LogP contribution in [0.15, 0.2) is 0 Å². The molecule has 0 spiro atoms. The van der Waals surface area contributed by atoms with Crippen LogP contribution in [0.4, 0.5) is 4.79 Å². The highest BCUT2D eigenvalue weighted by Gasteiger charge is 2.34. The highest BCUT2D eigenvalue weighted by molar-refractivity contribution is 5.69. The van der Waals surface area contributed by atoms with E-state index in [1.54, 1.807) is 4.90 Å². The van der Waals surface area contributed by atoms with E-state index in [1.807, 2.05) is 20.8 Å². The molecule has 0 aliphatic carbocycles. The fourth-order valence-corrected chi connectivity index (χ4v) is 1.77. The minimum absolute atomic E-state index is 0.0770. The van der Waals surface area contributed by atoms with Gasteiger partial charge in [-0.1, -0.05) is 13.8 Å². The molecule has 1 aliphatic heterocycles. The highest BCUT2D eigenvalue weighted by atomic mass is 16.6. The molecule has 1 unspecified atom stereocenters. The Balaban J connectivity index is 2.25. The molecule has 1 amide bonds. The van der Waals surface area contributed by atoms with Gasteiger partial charge in [0.25, 0.3) is 0 Å². The lowest BCUT2D eigenvalue weighted by atomic mass is 9.88. The summed E-state index contributed by atoms with van der Waals surface area (Å²) in [6, 6.07) is 0.310. The molecule has 1 rings (SSSR count). The zero-order chi connectivity index (χ0) is 14.7. The Morgan fingerprint density at radius 3 is 2.37 bits per heavy atom. The lowest BCUT2D eigenvalue weighted by Crippen LogP contribution is -2.61. The maximum Gasteiger partial charge on any atom is 0.410 e. The van der Waals surface area contributed by atoms with Crippen LogP contribution in [-0.4, -0.2) is 54.0 Å². The van der Waals surface area contributed by atoms with Crippen molar-refractivity contribution in [2.24, 2.45) is 5.41 Å². The molecule has 1 heterocycles. The van der Waals surface area contributed by atoms with Crippen molar-refractivity contribution in [3.8, 4) is 0 Å². The van der Waals surface area contributed by atoms with Crippen LogP contribution in [0.1, 0.15) is 41.0 Å². The van der Waals surface area contributed by atoms with Crippen LogP contribution in [0.3, 0.4) is 0 Å². The van der Waals surface area contributed by atoms with Gasteiger partial charge in [-0.05, 0) is 27.2 Å². The van der Waals surface area contributed by atoms with Crippen LogP contribution < -0.4 is 5.32 Å². The van der Waals surface area contributed by atoms with E-state index in [0.29, 0.717) is 19.1 Å². The number of nitrogens with zero attached hydrogens (tertiary/aromatic N) is 1. The van der Waals surface area contributed by atoms with Gasteiger partial charge in [-0.3, -0.25) is 0 Å². The lowest BCUT2D eigenvalue weighted by molar-refractivity contribution is 0.00350. The predicted molar refractivity (Wildman–Crippen MR) is 75.1 cm³/mol. The van der Waals surface area contributed by atoms with Crippen LogP contribution in [-0.2, 0) is 4.74 Å². The van der Waals surface area contributed by atoms with Crippen molar-refractivity contribution in [3.63, 3.8) is 0 Å². The van der Waals surface area contributed by atoms with E-state index in [1.165, 1.54) is 0 Å². The summed E-state index contributed by atoms with van der Waals surface area (Å²) < 4.78 is 5.30. The first-order valence-electron chi connectivity index (χ1n) is 7.01. The van der Waals surface area contributed by atoms with E-state index < -0.39 is 5.60 Å². The minimum Gasteiger partial charge on any atom is -0.444 e. The molecule has 2 N–H and O–H groups in total. The molecule has 19 heavy (non-hydrogen) atoms. The maximum atomic E-state index is 11.7. The standard InChI is InChI=1S/C14H28N2O3/c1-6-14(5,10-17)9-15-11-7-16(8-11)12(18)19-13(2,3)4/h11,15,17H,6-10H2,1-5H3.